The van der Waals surface area contributed by atoms with Crippen LogP contribution in [0.15, 0.2) is 54.6 Å². The first-order valence-corrected chi connectivity index (χ1v) is 13.2. The van der Waals surface area contributed by atoms with Gasteiger partial charge in [-0.25, -0.2) is 4.79 Å². The lowest BCUT2D eigenvalue weighted by molar-refractivity contribution is -0.126. The number of carbonyl (C=O) groups excluding carboxylic acids is 4. The van der Waals surface area contributed by atoms with E-state index in [9.17, 15) is 19.2 Å². The fraction of sp³-hybridized carbons (Fsp3) is 0.429. The molecule has 0 radical (unpaired) electrons. The highest BCUT2D eigenvalue weighted by Gasteiger charge is 2.45. The summed E-state index contributed by atoms with van der Waals surface area (Å²) in [5, 5.41) is 7.25. The second-order valence-corrected chi connectivity index (χ2v) is 9.44. The Morgan fingerprint density at radius 2 is 1.85 bits per heavy atom. The van der Waals surface area contributed by atoms with Crippen molar-refractivity contribution in [2.75, 3.05) is 13.1 Å². The van der Waals surface area contributed by atoms with Crippen LogP contribution in [0.4, 0.5) is 13.6 Å². The van der Waals surface area contributed by atoms with Gasteiger partial charge in [0.2, 0.25) is 11.8 Å². The lowest BCUT2D eigenvalue weighted by Gasteiger charge is -2.27. The number of alkyl halides is 2. The molecule has 0 spiro atoms. The van der Waals surface area contributed by atoms with Crippen molar-refractivity contribution >= 4 is 35.8 Å². The number of ether oxygens (including phenoxy) is 1. The monoisotopic (exact) mass is 565 g/mol. The van der Waals surface area contributed by atoms with Crippen LogP contribution in [0.5, 0.6) is 0 Å². The normalized spacial score (nSPS) is 16.1. The Morgan fingerprint density at radius 3 is 2.41 bits per heavy atom. The van der Waals surface area contributed by atoms with Crippen LogP contribution in [0.1, 0.15) is 56.8 Å². The molecule has 1 fully saturated rings. The highest BCUT2D eigenvalue weighted by molar-refractivity contribution is 6.30. The number of alkyl carbamates (subject to hydrolysis) is 1. The molecule has 3 rings (SSSR count). The van der Waals surface area contributed by atoms with E-state index in [1.54, 1.807) is 6.07 Å². The van der Waals surface area contributed by atoms with E-state index in [0.717, 1.165) is 6.07 Å². The van der Waals surface area contributed by atoms with Gasteiger partial charge in [0.15, 0.2) is 6.10 Å². The van der Waals surface area contributed by atoms with Crippen molar-refractivity contribution in [1.82, 2.24) is 16.0 Å². The Kier molecular flexibility index (Phi) is 12.8. The number of halogens is 3. The van der Waals surface area contributed by atoms with E-state index in [2.05, 4.69) is 29.8 Å². The van der Waals surface area contributed by atoms with Gasteiger partial charge in [-0.05, 0) is 30.5 Å². The van der Waals surface area contributed by atoms with Gasteiger partial charge < -0.3 is 25.5 Å². The van der Waals surface area contributed by atoms with Gasteiger partial charge in [0.05, 0.1) is 6.04 Å². The molecule has 1 heterocycles. The number of nitrogens with one attached hydrogen (secondary N) is 3. The minimum Gasteiger partial charge on any atom is -0.434 e. The van der Waals surface area contributed by atoms with Crippen LogP contribution in [-0.2, 0) is 25.0 Å². The molecule has 0 aliphatic carbocycles. The van der Waals surface area contributed by atoms with E-state index in [4.69, 9.17) is 16.3 Å². The molecule has 0 aromatic heterocycles. The molecule has 39 heavy (non-hydrogen) atoms. The SMILES string of the molecule is CCCC.O=CC(CC1CCNC1=O)NC(=O)CNC(=O)OC(c1ccccc1)C(F)(F)c1cccc(Cl)c1. The van der Waals surface area contributed by atoms with E-state index in [0.29, 0.717) is 19.3 Å². The number of benzene rings is 2. The average molecular weight is 566 g/mol. The summed E-state index contributed by atoms with van der Waals surface area (Å²) in [5.41, 5.74) is -0.415. The molecule has 212 valence electrons. The van der Waals surface area contributed by atoms with Gasteiger partial charge >= 0.3 is 12.0 Å². The third-order valence-electron chi connectivity index (χ3n) is 5.97. The van der Waals surface area contributed by atoms with Crippen molar-refractivity contribution in [3.63, 3.8) is 0 Å². The number of amides is 3. The molecule has 11 heteroatoms. The van der Waals surface area contributed by atoms with Gasteiger partial charge in [-0.3, -0.25) is 9.59 Å². The van der Waals surface area contributed by atoms with Gasteiger partial charge in [0.1, 0.15) is 12.8 Å². The molecule has 0 saturated carbocycles. The van der Waals surface area contributed by atoms with Crippen molar-refractivity contribution in [2.45, 2.75) is 57.6 Å². The minimum absolute atomic E-state index is 0.0351. The first kappa shape index (κ1) is 31.7. The molecular weight excluding hydrogens is 532 g/mol. The molecule has 1 aliphatic rings. The zero-order chi connectivity index (χ0) is 28.8. The van der Waals surface area contributed by atoms with Crippen molar-refractivity contribution < 1.29 is 32.7 Å². The molecular formula is C28H34ClF2N3O5. The second kappa shape index (κ2) is 15.8. The smallest absolute Gasteiger partial charge is 0.408 e. The summed E-state index contributed by atoms with van der Waals surface area (Å²) in [6, 6.07) is 11.6. The predicted molar refractivity (Wildman–Crippen MR) is 143 cm³/mol. The van der Waals surface area contributed by atoms with Gasteiger partial charge in [-0.2, -0.15) is 8.78 Å². The molecule has 1 saturated heterocycles. The Labute approximate surface area is 231 Å². The Bertz CT molecular complexity index is 1100. The van der Waals surface area contributed by atoms with E-state index in [-0.39, 0.29) is 22.9 Å². The quantitative estimate of drug-likeness (QED) is 0.335. The van der Waals surface area contributed by atoms with Crippen molar-refractivity contribution in [3.8, 4) is 0 Å². The number of hydrogen-bond donors (Lipinski definition) is 3. The zero-order valence-corrected chi connectivity index (χ0v) is 22.7. The van der Waals surface area contributed by atoms with E-state index in [1.807, 2.05) is 0 Å². The Hall–Kier alpha value is -3.53. The third kappa shape index (κ3) is 9.94. The fourth-order valence-electron chi connectivity index (χ4n) is 3.71. The van der Waals surface area contributed by atoms with Crippen molar-refractivity contribution in [1.29, 1.82) is 0 Å². The van der Waals surface area contributed by atoms with Crippen LogP contribution in [0.2, 0.25) is 5.02 Å². The topological polar surface area (TPSA) is 114 Å². The summed E-state index contributed by atoms with van der Waals surface area (Å²) in [6.45, 7) is 4.24. The van der Waals surface area contributed by atoms with Gasteiger partial charge in [-0.15, -0.1) is 0 Å². The lowest BCUT2D eigenvalue weighted by atomic mass is 9.97. The van der Waals surface area contributed by atoms with Crippen LogP contribution >= 0.6 is 11.6 Å². The van der Waals surface area contributed by atoms with Gasteiger partial charge in [0, 0.05) is 23.0 Å². The molecule has 2 aromatic carbocycles. The molecule has 2 aromatic rings. The number of unbranched alkanes of at least 4 members (excludes halogenated alkanes) is 1. The summed E-state index contributed by atoms with van der Waals surface area (Å²) in [5.74, 6) is -4.98. The van der Waals surface area contributed by atoms with E-state index < -0.39 is 48.1 Å². The maximum absolute atomic E-state index is 15.4. The summed E-state index contributed by atoms with van der Waals surface area (Å²) in [7, 11) is 0. The van der Waals surface area contributed by atoms with Crippen LogP contribution in [0, 0.1) is 5.92 Å². The highest BCUT2D eigenvalue weighted by Crippen LogP contribution is 2.43. The van der Waals surface area contributed by atoms with Crippen LogP contribution in [0.3, 0.4) is 0 Å². The number of rotatable bonds is 11. The highest BCUT2D eigenvalue weighted by atomic mass is 35.5. The van der Waals surface area contributed by atoms with E-state index in [1.165, 1.54) is 55.3 Å². The summed E-state index contributed by atoms with van der Waals surface area (Å²) in [4.78, 5) is 47.5. The lowest BCUT2D eigenvalue weighted by Crippen LogP contribution is -2.44. The number of aldehydes is 1. The predicted octanol–water partition coefficient (Wildman–Crippen LogP) is 4.92. The largest absolute Gasteiger partial charge is 0.434 e. The zero-order valence-electron chi connectivity index (χ0n) is 21.9. The molecule has 3 amide bonds. The molecule has 0 bridgehead atoms. The van der Waals surface area contributed by atoms with E-state index >= 15 is 8.78 Å². The number of hydrogen-bond acceptors (Lipinski definition) is 5. The number of carbonyl (C=O) groups is 4. The fourth-order valence-corrected chi connectivity index (χ4v) is 3.90. The molecule has 1 aliphatic heterocycles. The maximum atomic E-state index is 15.4. The first-order chi connectivity index (χ1) is 18.6. The second-order valence-electron chi connectivity index (χ2n) is 9.01. The minimum atomic E-state index is -3.64. The van der Waals surface area contributed by atoms with Gasteiger partial charge in [0.25, 0.3) is 0 Å². The molecule has 3 N–H and O–H groups in total. The maximum Gasteiger partial charge on any atom is 0.408 e. The average Bonchev–Trinajstić information content (AvgIpc) is 3.34. The van der Waals surface area contributed by atoms with Crippen molar-refractivity contribution in [2.24, 2.45) is 5.92 Å². The first-order valence-electron chi connectivity index (χ1n) is 12.8. The van der Waals surface area contributed by atoms with Gasteiger partial charge in [-0.1, -0.05) is 80.8 Å². The molecule has 8 nitrogen and oxygen atoms in total. The van der Waals surface area contributed by atoms with Crippen LogP contribution in [0.25, 0.3) is 0 Å². The standard InChI is InChI=1S/C24H24ClF2N3O5.C4H10/c25-18-8-4-7-17(12-18)24(26,27)21(15-5-2-1-3-6-15)35-23(34)29-13-20(32)30-19(14-31)11-16-9-10-28-22(16)33;1-3-4-2/h1-8,12,14,16,19,21H,9-11,13H2,(H,28,33)(H,29,34)(H,30,32);3-4H2,1-2H3. The van der Waals surface area contributed by atoms with Crippen LogP contribution in [-0.4, -0.2) is 43.3 Å². The molecule has 3 atom stereocenters. The summed E-state index contributed by atoms with van der Waals surface area (Å²) >= 11 is 5.86. The summed E-state index contributed by atoms with van der Waals surface area (Å²) in [6.07, 6.45) is 0.541. The Morgan fingerprint density at radius 1 is 1.15 bits per heavy atom. The Balaban J connectivity index is 0.00000124. The molecule has 3 unspecified atom stereocenters. The summed E-state index contributed by atoms with van der Waals surface area (Å²) < 4.78 is 35.8. The van der Waals surface area contributed by atoms with Crippen LogP contribution < -0.4 is 16.0 Å². The third-order valence-corrected chi connectivity index (χ3v) is 6.21. The van der Waals surface area contributed by atoms with Crippen molar-refractivity contribution in [3.05, 3.63) is 70.7 Å².